The summed E-state index contributed by atoms with van der Waals surface area (Å²) in [6.45, 7) is 0.794. The normalized spacial score (nSPS) is 17.1. The molecule has 1 aromatic carbocycles. The van der Waals surface area contributed by atoms with Gasteiger partial charge in [-0.3, -0.25) is 0 Å². The quantitative estimate of drug-likeness (QED) is 0.648. The molecule has 0 atom stereocenters. The van der Waals surface area contributed by atoms with Crippen LogP contribution >= 0.6 is 12.4 Å². The zero-order valence-electron chi connectivity index (χ0n) is 12.3. The van der Waals surface area contributed by atoms with E-state index in [-0.39, 0.29) is 37.5 Å². The Balaban J connectivity index is 0.00000264. The second kappa shape index (κ2) is 7.78. The first-order valence-electron chi connectivity index (χ1n) is 6.76. The predicted octanol–water partition coefficient (Wildman–Crippen LogP) is 2.28. The summed E-state index contributed by atoms with van der Waals surface area (Å²) < 4.78 is 79.3. The Kier molecular flexibility index (Phi) is 6.81. The molecule has 0 bridgehead atoms. The molecule has 132 valence electrons. The third-order valence-electron chi connectivity index (χ3n) is 3.74. The van der Waals surface area contributed by atoms with Crippen molar-refractivity contribution >= 4 is 22.4 Å². The van der Waals surface area contributed by atoms with Gasteiger partial charge in [0, 0.05) is 19.2 Å². The molecule has 0 radical (unpaired) electrons. The van der Waals surface area contributed by atoms with E-state index in [2.05, 4.69) is 5.32 Å². The molecule has 0 aliphatic carbocycles. The lowest BCUT2D eigenvalue weighted by molar-refractivity contribution is 0.268. The van der Waals surface area contributed by atoms with E-state index >= 15 is 0 Å². The summed E-state index contributed by atoms with van der Waals surface area (Å²) in [6.07, 6.45) is 1.00. The molecule has 1 N–H and O–H groups in total. The molecule has 0 amide bonds. The third kappa shape index (κ3) is 3.96. The summed E-state index contributed by atoms with van der Waals surface area (Å²) in [4.78, 5) is -1.56. The second-order valence-corrected chi connectivity index (χ2v) is 7.08. The van der Waals surface area contributed by atoms with Gasteiger partial charge in [0.15, 0.2) is 28.2 Å². The topological polar surface area (TPSA) is 49.4 Å². The van der Waals surface area contributed by atoms with Crippen LogP contribution in [-0.4, -0.2) is 39.4 Å². The lowest BCUT2D eigenvalue weighted by Gasteiger charge is -2.31. The largest absolute Gasteiger partial charge is 0.319 e. The predicted molar refractivity (Wildman–Crippen MR) is 78.9 cm³/mol. The van der Waals surface area contributed by atoms with Crippen molar-refractivity contribution in [2.24, 2.45) is 5.92 Å². The molecule has 2 rings (SSSR count). The maximum atomic E-state index is 13.7. The SMILES string of the molecule is CNCC1CCN(S(=O)(=O)c2c(F)c(F)cc(F)c2F)CC1.Cl. The molecule has 4 nitrogen and oxygen atoms in total. The highest BCUT2D eigenvalue weighted by molar-refractivity contribution is 7.89. The average Bonchev–Trinajstić information content (AvgIpc) is 2.46. The molecule has 1 fully saturated rings. The summed E-state index contributed by atoms with van der Waals surface area (Å²) in [5.74, 6) is -7.01. The summed E-state index contributed by atoms with van der Waals surface area (Å²) >= 11 is 0. The van der Waals surface area contributed by atoms with Crippen molar-refractivity contribution < 1.29 is 26.0 Å². The van der Waals surface area contributed by atoms with Crippen LogP contribution in [-0.2, 0) is 10.0 Å². The number of rotatable bonds is 4. The van der Waals surface area contributed by atoms with Gasteiger partial charge < -0.3 is 5.32 Å². The first-order valence-corrected chi connectivity index (χ1v) is 8.20. The number of nitrogens with zero attached hydrogens (tertiary/aromatic N) is 1. The maximum absolute atomic E-state index is 13.7. The molecule has 23 heavy (non-hydrogen) atoms. The van der Waals surface area contributed by atoms with Crippen LogP contribution in [0.3, 0.4) is 0 Å². The van der Waals surface area contributed by atoms with Crippen molar-refractivity contribution in [1.82, 2.24) is 9.62 Å². The first kappa shape index (κ1) is 20.1. The number of hydrogen-bond donors (Lipinski definition) is 1. The Labute approximate surface area is 138 Å². The summed E-state index contributed by atoms with van der Waals surface area (Å²) in [7, 11) is -2.86. The zero-order chi connectivity index (χ0) is 16.5. The number of nitrogens with one attached hydrogen (secondary N) is 1. The number of halogens is 5. The number of piperidine rings is 1. The lowest BCUT2D eigenvalue weighted by Crippen LogP contribution is -2.41. The smallest absolute Gasteiger partial charge is 0.249 e. The van der Waals surface area contributed by atoms with E-state index in [0.29, 0.717) is 19.4 Å². The van der Waals surface area contributed by atoms with Crippen LogP contribution in [0.25, 0.3) is 0 Å². The molecule has 1 aliphatic rings. The minimum absolute atomic E-state index is 0. The van der Waals surface area contributed by atoms with Crippen molar-refractivity contribution in [3.05, 3.63) is 29.3 Å². The number of sulfonamides is 1. The fraction of sp³-hybridized carbons (Fsp3) is 0.538. The Morgan fingerprint density at radius 1 is 1.13 bits per heavy atom. The Morgan fingerprint density at radius 2 is 1.61 bits per heavy atom. The molecule has 1 saturated heterocycles. The molecule has 0 unspecified atom stereocenters. The van der Waals surface area contributed by atoms with E-state index in [0.717, 1.165) is 4.31 Å². The highest BCUT2D eigenvalue weighted by Crippen LogP contribution is 2.29. The van der Waals surface area contributed by atoms with Crippen LogP contribution in [0.1, 0.15) is 12.8 Å². The van der Waals surface area contributed by atoms with E-state index in [1.807, 2.05) is 0 Å². The Morgan fingerprint density at radius 3 is 2.04 bits per heavy atom. The van der Waals surface area contributed by atoms with Gasteiger partial charge in [-0.2, -0.15) is 4.31 Å². The van der Waals surface area contributed by atoms with Gasteiger partial charge >= 0.3 is 0 Å². The van der Waals surface area contributed by atoms with Crippen LogP contribution < -0.4 is 5.32 Å². The van der Waals surface area contributed by atoms with Gasteiger partial charge in [-0.25, -0.2) is 26.0 Å². The fourth-order valence-electron chi connectivity index (χ4n) is 2.55. The van der Waals surface area contributed by atoms with Crippen molar-refractivity contribution in [1.29, 1.82) is 0 Å². The standard InChI is InChI=1S/C13H16F4N2O2S.ClH/c1-18-7-8-2-4-19(5-3-8)22(20,21)13-11(16)9(14)6-10(15)12(13)17;/h6,8,18H,2-5,7H2,1H3;1H. The van der Waals surface area contributed by atoms with Crippen molar-refractivity contribution in [3.8, 4) is 0 Å². The van der Waals surface area contributed by atoms with E-state index in [9.17, 15) is 26.0 Å². The molecule has 10 heteroatoms. The lowest BCUT2D eigenvalue weighted by atomic mass is 9.98. The summed E-state index contributed by atoms with van der Waals surface area (Å²) in [6, 6.07) is -0.0111. The van der Waals surface area contributed by atoms with Gasteiger partial charge in [-0.05, 0) is 32.4 Å². The van der Waals surface area contributed by atoms with E-state index < -0.39 is 38.2 Å². The van der Waals surface area contributed by atoms with Gasteiger partial charge in [0.2, 0.25) is 10.0 Å². The first-order chi connectivity index (χ1) is 10.3. The average molecular weight is 377 g/mol. The minimum Gasteiger partial charge on any atom is -0.319 e. The molecule has 1 aliphatic heterocycles. The summed E-state index contributed by atoms with van der Waals surface area (Å²) in [5, 5.41) is 2.97. The van der Waals surface area contributed by atoms with Crippen LogP contribution in [0, 0.1) is 29.2 Å². The molecule has 0 saturated carbocycles. The molecule has 0 aromatic heterocycles. The summed E-state index contributed by atoms with van der Waals surface area (Å²) in [5.41, 5.74) is 0. The number of benzene rings is 1. The molecular formula is C13H17ClF4N2O2S. The maximum Gasteiger partial charge on any atom is 0.249 e. The highest BCUT2D eigenvalue weighted by Gasteiger charge is 2.36. The van der Waals surface area contributed by atoms with Gasteiger partial charge in [0.25, 0.3) is 0 Å². The highest BCUT2D eigenvalue weighted by atomic mass is 35.5. The van der Waals surface area contributed by atoms with Gasteiger partial charge in [-0.15, -0.1) is 12.4 Å². The third-order valence-corrected chi connectivity index (χ3v) is 5.66. The Bertz CT molecular complexity index is 638. The second-order valence-electron chi connectivity index (χ2n) is 5.20. The fourth-order valence-corrected chi connectivity index (χ4v) is 4.15. The van der Waals surface area contributed by atoms with Crippen LogP contribution in [0.2, 0.25) is 0 Å². The van der Waals surface area contributed by atoms with E-state index in [4.69, 9.17) is 0 Å². The van der Waals surface area contributed by atoms with E-state index in [1.165, 1.54) is 0 Å². The van der Waals surface area contributed by atoms with Crippen LogP contribution in [0.5, 0.6) is 0 Å². The van der Waals surface area contributed by atoms with Crippen molar-refractivity contribution in [2.45, 2.75) is 17.7 Å². The van der Waals surface area contributed by atoms with Crippen molar-refractivity contribution in [3.63, 3.8) is 0 Å². The minimum atomic E-state index is -4.62. The van der Waals surface area contributed by atoms with Gasteiger partial charge in [-0.1, -0.05) is 0 Å². The Hall–Kier alpha value is -0.900. The monoisotopic (exact) mass is 376 g/mol. The molecule has 1 heterocycles. The van der Waals surface area contributed by atoms with Gasteiger partial charge in [0.1, 0.15) is 0 Å². The zero-order valence-corrected chi connectivity index (χ0v) is 13.9. The molecule has 1 aromatic rings. The molecular weight excluding hydrogens is 360 g/mol. The van der Waals surface area contributed by atoms with Crippen molar-refractivity contribution in [2.75, 3.05) is 26.7 Å². The van der Waals surface area contributed by atoms with Crippen LogP contribution in [0.15, 0.2) is 11.0 Å². The van der Waals surface area contributed by atoms with E-state index in [1.54, 1.807) is 7.05 Å². The number of hydrogen-bond acceptors (Lipinski definition) is 3. The van der Waals surface area contributed by atoms with Gasteiger partial charge in [0.05, 0.1) is 0 Å². The van der Waals surface area contributed by atoms with Crippen LogP contribution in [0.4, 0.5) is 17.6 Å². The molecule has 0 spiro atoms.